The van der Waals surface area contributed by atoms with E-state index >= 15 is 0 Å². The zero-order valence-electron chi connectivity index (χ0n) is 8.18. The standard InChI is InChI=1S/C8H12N2O2S3/c11-5-9-7-14-3-1-13-2-4-15-8-10-6-12/h1-4,7-8H2. The van der Waals surface area contributed by atoms with Crippen molar-refractivity contribution in [3.63, 3.8) is 0 Å². The van der Waals surface area contributed by atoms with Crippen LogP contribution in [0, 0.1) is 0 Å². The Morgan fingerprint density at radius 1 is 0.733 bits per heavy atom. The Kier molecular flexibility index (Phi) is 13.6. The van der Waals surface area contributed by atoms with Gasteiger partial charge in [-0.25, -0.2) is 9.59 Å². The van der Waals surface area contributed by atoms with E-state index < -0.39 is 0 Å². The van der Waals surface area contributed by atoms with Crippen LogP contribution in [0.25, 0.3) is 0 Å². The molecule has 0 radical (unpaired) electrons. The topological polar surface area (TPSA) is 58.9 Å². The number of hydrogen-bond acceptors (Lipinski definition) is 7. The van der Waals surface area contributed by atoms with E-state index in [-0.39, 0.29) is 0 Å². The fraction of sp³-hybridized carbons (Fsp3) is 0.750. The molecule has 84 valence electrons. The fourth-order valence-electron chi connectivity index (χ4n) is 0.611. The largest absolute Gasteiger partial charge is 0.235 e. The van der Waals surface area contributed by atoms with Gasteiger partial charge in [0.25, 0.3) is 0 Å². The monoisotopic (exact) mass is 264 g/mol. The summed E-state index contributed by atoms with van der Waals surface area (Å²) in [6.07, 6.45) is 3.00. The van der Waals surface area contributed by atoms with Crippen molar-refractivity contribution in [2.45, 2.75) is 0 Å². The van der Waals surface area contributed by atoms with Crippen LogP contribution >= 0.6 is 35.3 Å². The number of nitrogens with zero attached hydrogens (tertiary/aromatic N) is 2. The van der Waals surface area contributed by atoms with E-state index in [0.717, 1.165) is 23.0 Å². The lowest BCUT2D eigenvalue weighted by Crippen LogP contribution is -1.90. The molecule has 0 aliphatic heterocycles. The molecule has 0 aromatic heterocycles. The number of thioether (sulfide) groups is 3. The fourth-order valence-corrected chi connectivity index (χ4v) is 3.25. The molecule has 0 unspecified atom stereocenters. The Morgan fingerprint density at radius 2 is 1.13 bits per heavy atom. The van der Waals surface area contributed by atoms with E-state index in [0.29, 0.717) is 11.8 Å². The van der Waals surface area contributed by atoms with Crippen molar-refractivity contribution < 1.29 is 9.59 Å². The normalized spacial score (nSPS) is 9.07. The van der Waals surface area contributed by atoms with Crippen molar-refractivity contribution in [2.24, 2.45) is 9.98 Å². The third kappa shape index (κ3) is 13.8. The van der Waals surface area contributed by atoms with E-state index in [1.54, 1.807) is 23.5 Å². The van der Waals surface area contributed by atoms with Crippen molar-refractivity contribution in [3.8, 4) is 0 Å². The molecule has 0 aliphatic rings. The highest BCUT2D eigenvalue weighted by atomic mass is 32.2. The average molecular weight is 264 g/mol. The smallest absolute Gasteiger partial charge is 0.211 e. The summed E-state index contributed by atoms with van der Waals surface area (Å²) >= 11 is 5.09. The quantitative estimate of drug-likeness (QED) is 0.342. The molecule has 0 atom stereocenters. The summed E-state index contributed by atoms with van der Waals surface area (Å²) in [5.41, 5.74) is 0. The predicted octanol–water partition coefficient (Wildman–Crippen LogP) is 1.77. The zero-order valence-corrected chi connectivity index (χ0v) is 10.6. The molecule has 0 heterocycles. The van der Waals surface area contributed by atoms with Gasteiger partial charge in [0.1, 0.15) is 0 Å². The molecule has 0 amide bonds. The molecule has 0 spiro atoms. The van der Waals surface area contributed by atoms with Gasteiger partial charge in [0.05, 0.1) is 11.8 Å². The Labute approximate surface area is 102 Å². The molecule has 0 saturated heterocycles. The summed E-state index contributed by atoms with van der Waals surface area (Å²) in [4.78, 5) is 26.3. The van der Waals surface area contributed by atoms with Crippen molar-refractivity contribution in [1.29, 1.82) is 0 Å². The minimum Gasteiger partial charge on any atom is -0.211 e. The van der Waals surface area contributed by atoms with Crippen LogP contribution in [-0.2, 0) is 9.59 Å². The second-order valence-electron chi connectivity index (χ2n) is 2.19. The number of rotatable bonds is 10. The van der Waals surface area contributed by atoms with E-state index in [1.807, 2.05) is 11.8 Å². The Balaban J connectivity index is 2.98. The molecule has 15 heavy (non-hydrogen) atoms. The number of isocyanates is 2. The first-order valence-corrected chi connectivity index (χ1v) is 7.68. The summed E-state index contributed by atoms with van der Waals surface area (Å²) in [7, 11) is 0. The highest BCUT2D eigenvalue weighted by Crippen LogP contribution is 2.09. The summed E-state index contributed by atoms with van der Waals surface area (Å²) in [5.74, 6) is 5.10. The number of aliphatic imine (C=N–C) groups is 2. The summed E-state index contributed by atoms with van der Waals surface area (Å²) in [5, 5.41) is 0. The van der Waals surface area contributed by atoms with E-state index in [1.165, 1.54) is 12.2 Å². The summed E-state index contributed by atoms with van der Waals surface area (Å²) < 4.78 is 0. The van der Waals surface area contributed by atoms with Gasteiger partial charge >= 0.3 is 0 Å². The van der Waals surface area contributed by atoms with Crippen LogP contribution in [0.4, 0.5) is 0 Å². The number of hydrogen-bond donors (Lipinski definition) is 0. The Bertz CT molecular complexity index is 214. The van der Waals surface area contributed by atoms with Gasteiger partial charge in [-0.2, -0.15) is 21.7 Å². The zero-order chi connectivity index (χ0) is 11.2. The number of carbonyl (C=O) groups excluding carboxylic acids is 2. The van der Waals surface area contributed by atoms with Crippen molar-refractivity contribution in [1.82, 2.24) is 0 Å². The first kappa shape index (κ1) is 14.8. The molecular formula is C8H12N2O2S3. The third-order valence-corrected chi connectivity index (χ3v) is 4.30. The van der Waals surface area contributed by atoms with Crippen molar-refractivity contribution in [3.05, 3.63) is 0 Å². The maximum atomic E-state index is 9.72. The van der Waals surface area contributed by atoms with Gasteiger partial charge in [0.15, 0.2) is 0 Å². The van der Waals surface area contributed by atoms with Gasteiger partial charge in [0.2, 0.25) is 12.2 Å². The highest BCUT2D eigenvalue weighted by molar-refractivity contribution is 8.04. The molecule has 0 rings (SSSR count). The van der Waals surface area contributed by atoms with Gasteiger partial charge in [-0.3, -0.25) is 0 Å². The van der Waals surface area contributed by atoms with Gasteiger partial charge in [-0.1, -0.05) is 0 Å². The molecular weight excluding hydrogens is 252 g/mol. The minimum absolute atomic E-state index is 0.507. The lowest BCUT2D eigenvalue weighted by Gasteiger charge is -1.98. The molecule has 0 N–H and O–H groups in total. The second kappa shape index (κ2) is 13.8. The third-order valence-electron chi connectivity index (χ3n) is 1.18. The van der Waals surface area contributed by atoms with Crippen LogP contribution in [0.3, 0.4) is 0 Å². The molecule has 0 aromatic carbocycles. The lowest BCUT2D eigenvalue weighted by molar-refractivity contribution is 0.563. The molecule has 7 heteroatoms. The first-order valence-electron chi connectivity index (χ1n) is 4.22. The average Bonchev–Trinajstić information content (AvgIpc) is 2.26. The molecule has 0 saturated carbocycles. The highest BCUT2D eigenvalue weighted by Gasteiger charge is 1.91. The predicted molar refractivity (Wildman–Crippen MR) is 68.2 cm³/mol. The Morgan fingerprint density at radius 3 is 1.53 bits per heavy atom. The molecule has 4 nitrogen and oxygen atoms in total. The lowest BCUT2D eigenvalue weighted by atomic mass is 10.9. The summed E-state index contributed by atoms with van der Waals surface area (Å²) in [6.45, 7) is 0. The van der Waals surface area contributed by atoms with E-state index in [4.69, 9.17) is 0 Å². The van der Waals surface area contributed by atoms with Crippen molar-refractivity contribution in [2.75, 3.05) is 34.8 Å². The van der Waals surface area contributed by atoms with Crippen LogP contribution in [0.15, 0.2) is 9.98 Å². The molecule has 0 fully saturated rings. The maximum absolute atomic E-state index is 9.72. The van der Waals surface area contributed by atoms with Crippen LogP contribution < -0.4 is 0 Å². The molecule has 0 aliphatic carbocycles. The van der Waals surface area contributed by atoms with E-state index in [2.05, 4.69) is 9.98 Å². The first-order chi connectivity index (χ1) is 7.41. The molecule has 0 aromatic rings. The molecule has 0 bridgehead atoms. The van der Waals surface area contributed by atoms with Crippen LogP contribution in [-0.4, -0.2) is 46.9 Å². The van der Waals surface area contributed by atoms with Crippen molar-refractivity contribution >= 4 is 47.4 Å². The van der Waals surface area contributed by atoms with E-state index in [9.17, 15) is 9.59 Å². The van der Waals surface area contributed by atoms with Gasteiger partial charge in [-0.15, -0.1) is 23.5 Å². The van der Waals surface area contributed by atoms with Crippen LogP contribution in [0.1, 0.15) is 0 Å². The van der Waals surface area contributed by atoms with Gasteiger partial charge in [0, 0.05) is 23.0 Å². The Hall–Kier alpha value is -0.190. The van der Waals surface area contributed by atoms with Gasteiger partial charge in [-0.05, 0) is 0 Å². The second-order valence-corrected chi connectivity index (χ2v) is 5.56. The summed E-state index contributed by atoms with van der Waals surface area (Å²) in [6, 6.07) is 0. The van der Waals surface area contributed by atoms with Crippen LogP contribution in [0.5, 0.6) is 0 Å². The van der Waals surface area contributed by atoms with Gasteiger partial charge < -0.3 is 0 Å². The van der Waals surface area contributed by atoms with Crippen LogP contribution in [0.2, 0.25) is 0 Å². The maximum Gasteiger partial charge on any atom is 0.235 e. The SMILES string of the molecule is O=C=NCSCCSCCSCN=C=O. The minimum atomic E-state index is 0.507.